The second kappa shape index (κ2) is 9.33. The quantitative estimate of drug-likeness (QED) is 0.731. The molecule has 0 saturated carbocycles. The largest absolute Gasteiger partial charge is 0.484 e. The molecule has 1 saturated heterocycles. The number of carbonyl (C=O) groups excluding carboxylic acids is 1. The Morgan fingerprint density at radius 1 is 1.13 bits per heavy atom. The van der Waals surface area contributed by atoms with E-state index in [4.69, 9.17) is 9.47 Å². The first-order chi connectivity index (χ1) is 14.6. The normalized spacial score (nSPS) is 15.5. The summed E-state index contributed by atoms with van der Waals surface area (Å²) in [5, 5.41) is 2.55. The highest BCUT2D eigenvalue weighted by Gasteiger charge is 2.29. The van der Waals surface area contributed by atoms with E-state index in [1.54, 1.807) is 12.1 Å². The molecule has 7 nitrogen and oxygen atoms in total. The third-order valence-electron chi connectivity index (χ3n) is 4.89. The number of benzene rings is 2. The van der Waals surface area contributed by atoms with Crippen LogP contribution in [-0.2, 0) is 25.0 Å². The summed E-state index contributed by atoms with van der Waals surface area (Å²) >= 11 is 0. The number of hydrogen-bond donors (Lipinski definition) is 1. The van der Waals surface area contributed by atoms with Crippen LogP contribution in [0.5, 0.6) is 5.75 Å². The van der Waals surface area contributed by atoms with Gasteiger partial charge >= 0.3 is 0 Å². The van der Waals surface area contributed by atoms with Crippen LogP contribution in [-0.4, -0.2) is 51.5 Å². The van der Waals surface area contributed by atoms with Gasteiger partial charge in [-0.1, -0.05) is 32.9 Å². The van der Waals surface area contributed by atoms with Crippen molar-refractivity contribution in [3.8, 4) is 5.75 Å². The zero-order chi connectivity index (χ0) is 22.6. The molecule has 0 aliphatic carbocycles. The third kappa shape index (κ3) is 5.81. The Bertz CT molecular complexity index is 1030. The van der Waals surface area contributed by atoms with Gasteiger partial charge in [-0.05, 0) is 41.3 Å². The minimum atomic E-state index is -4.03. The van der Waals surface area contributed by atoms with Gasteiger partial charge in [-0.15, -0.1) is 0 Å². The van der Waals surface area contributed by atoms with E-state index in [1.807, 2.05) is 12.1 Å². The number of halogens is 1. The standard InChI is InChI=1S/C22H27FN2O5S/c1-22(2,3)16-4-7-18(8-5-16)30-15-21(26)24-17-6-9-19(23)20(14-17)31(27,28)25-10-12-29-13-11-25/h4-9,14H,10-13,15H2,1-3H3,(H,24,26). The Hall–Kier alpha value is -2.49. The molecule has 1 N–H and O–H groups in total. The fourth-order valence-electron chi connectivity index (χ4n) is 3.10. The Morgan fingerprint density at radius 2 is 1.77 bits per heavy atom. The van der Waals surface area contributed by atoms with Crippen LogP contribution >= 0.6 is 0 Å². The lowest BCUT2D eigenvalue weighted by Gasteiger charge is -2.26. The second-order valence-electron chi connectivity index (χ2n) is 8.27. The molecule has 0 atom stereocenters. The number of nitrogens with one attached hydrogen (secondary N) is 1. The van der Waals surface area contributed by atoms with E-state index >= 15 is 0 Å². The van der Waals surface area contributed by atoms with Crippen molar-refractivity contribution in [3.05, 3.63) is 53.8 Å². The summed E-state index contributed by atoms with van der Waals surface area (Å²) in [7, 11) is -4.03. The summed E-state index contributed by atoms with van der Waals surface area (Å²) in [6.45, 7) is 6.86. The van der Waals surface area contributed by atoms with Crippen LogP contribution in [0.4, 0.5) is 10.1 Å². The molecular formula is C22H27FN2O5S. The van der Waals surface area contributed by atoms with Crippen molar-refractivity contribution < 1.29 is 27.1 Å². The maximum Gasteiger partial charge on any atom is 0.262 e. The van der Waals surface area contributed by atoms with Crippen molar-refractivity contribution in [2.75, 3.05) is 38.2 Å². The number of hydrogen-bond acceptors (Lipinski definition) is 5. The molecular weight excluding hydrogens is 423 g/mol. The highest BCUT2D eigenvalue weighted by atomic mass is 32.2. The predicted octanol–water partition coefficient (Wildman–Crippen LogP) is 3.16. The van der Waals surface area contributed by atoms with Gasteiger partial charge in [0.1, 0.15) is 16.5 Å². The van der Waals surface area contributed by atoms with Gasteiger partial charge in [-0.25, -0.2) is 12.8 Å². The highest BCUT2D eigenvalue weighted by molar-refractivity contribution is 7.89. The van der Waals surface area contributed by atoms with Crippen LogP contribution in [0.3, 0.4) is 0 Å². The van der Waals surface area contributed by atoms with Gasteiger partial charge in [0.15, 0.2) is 6.61 Å². The zero-order valence-corrected chi connectivity index (χ0v) is 18.7. The van der Waals surface area contributed by atoms with Crippen LogP contribution in [0, 0.1) is 5.82 Å². The molecule has 2 aromatic rings. The lowest BCUT2D eigenvalue weighted by molar-refractivity contribution is -0.118. The topological polar surface area (TPSA) is 84.9 Å². The smallest absolute Gasteiger partial charge is 0.262 e. The molecule has 1 fully saturated rings. The average Bonchev–Trinajstić information content (AvgIpc) is 2.74. The Labute approximate surface area is 182 Å². The van der Waals surface area contributed by atoms with Gasteiger partial charge in [-0.3, -0.25) is 4.79 Å². The van der Waals surface area contributed by atoms with E-state index in [0.29, 0.717) is 5.75 Å². The van der Waals surface area contributed by atoms with Gasteiger partial charge in [-0.2, -0.15) is 4.31 Å². The Kier molecular flexibility index (Phi) is 6.98. The summed E-state index contributed by atoms with van der Waals surface area (Å²) in [5.41, 5.74) is 1.33. The number of morpholine rings is 1. The number of ether oxygens (including phenoxy) is 2. The predicted molar refractivity (Wildman–Crippen MR) is 115 cm³/mol. The van der Waals surface area contributed by atoms with Crippen molar-refractivity contribution in [2.24, 2.45) is 0 Å². The minimum Gasteiger partial charge on any atom is -0.484 e. The van der Waals surface area contributed by atoms with Gasteiger partial charge in [0, 0.05) is 18.8 Å². The summed E-state index contributed by atoms with van der Waals surface area (Å²) in [6.07, 6.45) is 0. The van der Waals surface area contributed by atoms with E-state index in [9.17, 15) is 17.6 Å². The van der Waals surface area contributed by atoms with Crippen LogP contribution in [0.15, 0.2) is 47.4 Å². The lowest BCUT2D eigenvalue weighted by atomic mass is 9.87. The van der Waals surface area contributed by atoms with Crippen LogP contribution in [0.25, 0.3) is 0 Å². The molecule has 1 heterocycles. The van der Waals surface area contributed by atoms with Crippen molar-refractivity contribution in [1.82, 2.24) is 4.31 Å². The van der Waals surface area contributed by atoms with Crippen molar-refractivity contribution in [1.29, 1.82) is 0 Å². The first-order valence-corrected chi connectivity index (χ1v) is 11.4. The number of carbonyl (C=O) groups is 1. The number of nitrogens with zero attached hydrogens (tertiary/aromatic N) is 1. The fourth-order valence-corrected chi connectivity index (χ4v) is 4.60. The molecule has 1 amide bonds. The van der Waals surface area contributed by atoms with Crippen molar-refractivity contribution >= 4 is 21.6 Å². The van der Waals surface area contributed by atoms with Crippen LogP contribution < -0.4 is 10.1 Å². The van der Waals surface area contributed by atoms with Crippen LogP contribution in [0.1, 0.15) is 26.3 Å². The molecule has 9 heteroatoms. The fraction of sp³-hybridized carbons (Fsp3) is 0.409. The van der Waals surface area contributed by atoms with Gasteiger partial charge in [0.25, 0.3) is 5.91 Å². The third-order valence-corrected chi connectivity index (χ3v) is 6.81. The first kappa shape index (κ1) is 23.2. The maximum absolute atomic E-state index is 14.3. The van der Waals surface area contributed by atoms with E-state index in [-0.39, 0.29) is 44.0 Å². The molecule has 168 valence electrons. The van der Waals surface area contributed by atoms with Crippen LogP contribution in [0.2, 0.25) is 0 Å². The zero-order valence-electron chi connectivity index (χ0n) is 17.9. The first-order valence-electron chi connectivity index (χ1n) is 9.98. The molecule has 0 bridgehead atoms. The SMILES string of the molecule is CC(C)(C)c1ccc(OCC(=O)Nc2ccc(F)c(S(=O)(=O)N3CCOCC3)c2)cc1. The monoisotopic (exact) mass is 450 g/mol. The molecule has 2 aromatic carbocycles. The lowest BCUT2D eigenvalue weighted by Crippen LogP contribution is -2.40. The van der Waals surface area contributed by atoms with Crippen molar-refractivity contribution in [3.63, 3.8) is 0 Å². The molecule has 31 heavy (non-hydrogen) atoms. The summed E-state index contributed by atoms with van der Waals surface area (Å²) in [5.74, 6) is -0.821. The second-order valence-corrected chi connectivity index (χ2v) is 10.2. The Balaban J connectivity index is 1.64. The number of anilines is 1. The number of rotatable bonds is 6. The summed E-state index contributed by atoms with van der Waals surface area (Å²) < 4.78 is 51.6. The summed E-state index contributed by atoms with van der Waals surface area (Å²) in [6, 6.07) is 10.9. The van der Waals surface area contributed by atoms with E-state index < -0.39 is 26.6 Å². The highest BCUT2D eigenvalue weighted by Crippen LogP contribution is 2.25. The Morgan fingerprint density at radius 3 is 2.39 bits per heavy atom. The molecule has 3 rings (SSSR count). The molecule has 0 radical (unpaired) electrons. The van der Waals surface area contributed by atoms with E-state index in [2.05, 4.69) is 26.1 Å². The molecule has 1 aliphatic heterocycles. The van der Waals surface area contributed by atoms with Gasteiger partial charge < -0.3 is 14.8 Å². The molecule has 1 aliphatic rings. The summed E-state index contributed by atoms with van der Waals surface area (Å²) in [4.78, 5) is 11.8. The van der Waals surface area contributed by atoms with Crippen molar-refractivity contribution in [2.45, 2.75) is 31.1 Å². The molecule has 0 spiro atoms. The minimum absolute atomic E-state index is 0.0117. The number of amides is 1. The van der Waals surface area contributed by atoms with Gasteiger partial charge in [0.2, 0.25) is 10.0 Å². The average molecular weight is 451 g/mol. The van der Waals surface area contributed by atoms with E-state index in [0.717, 1.165) is 17.7 Å². The van der Waals surface area contributed by atoms with E-state index in [1.165, 1.54) is 10.4 Å². The van der Waals surface area contributed by atoms with Gasteiger partial charge in [0.05, 0.1) is 13.2 Å². The maximum atomic E-state index is 14.3. The molecule has 0 aromatic heterocycles. The number of sulfonamides is 1. The molecule has 0 unspecified atom stereocenters.